The highest BCUT2D eigenvalue weighted by Gasteiger charge is 2.26. The predicted octanol–water partition coefficient (Wildman–Crippen LogP) is 23.9. The fourth-order valence-corrected chi connectivity index (χ4v) is 10.8. The molecular weight excluding hydrogens is 1100 g/mol. The summed E-state index contributed by atoms with van der Waals surface area (Å²) in [6.07, 6.45) is 100. The third-order valence-electron chi connectivity index (χ3n) is 15.4. The van der Waals surface area contributed by atoms with Gasteiger partial charge in [-0.25, -0.2) is 4.57 Å². The van der Waals surface area contributed by atoms with Gasteiger partial charge in [-0.05, 0) is 89.9 Å². The molecule has 9 nitrogen and oxygen atoms in total. The molecule has 3 N–H and O–H groups in total. The lowest BCUT2D eigenvalue weighted by molar-refractivity contribution is -0.161. The largest absolute Gasteiger partial charge is 0.472 e. The van der Waals surface area contributed by atoms with Gasteiger partial charge in [-0.15, -0.1) is 0 Å². The van der Waals surface area contributed by atoms with Crippen LogP contribution in [0.5, 0.6) is 0 Å². The van der Waals surface area contributed by atoms with Gasteiger partial charge in [-0.1, -0.05) is 341 Å². The van der Waals surface area contributed by atoms with Crippen LogP contribution in [0.4, 0.5) is 0 Å². The molecule has 2 atom stereocenters. The number of rotatable bonds is 67. The highest BCUT2D eigenvalue weighted by Crippen LogP contribution is 2.43. The first-order chi connectivity index (χ1) is 42.8. The van der Waals surface area contributed by atoms with Gasteiger partial charge in [0.1, 0.15) is 6.61 Å². The average molecular weight is 1230 g/mol. The Balaban J connectivity index is 3.91. The molecule has 0 aliphatic rings. The summed E-state index contributed by atoms with van der Waals surface area (Å²) >= 11 is 0. The molecule has 0 aliphatic carbocycles. The SMILES string of the molecule is CC/C=C\C/C=C\C/C=C\C/C=C\C/C=C\C/C=C\C/C=C\C/C=C\C/C=C\C/C=C\CCCCCCCCCCCCC(=O)OC(COC(=O)CCCCCCCCCCCCCCCCCCCCCCCCCCC)COP(=O)(O)OCCN. The number of unbranched alkanes of at least 4 members (excludes halogenated alkanes) is 34. The Morgan fingerprint density at radius 3 is 0.943 bits per heavy atom. The van der Waals surface area contributed by atoms with Crippen LogP contribution >= 0.6 is 7.82 Å². The number of esters is 2. The van der Waals surface area contributed by atoms with Crippen molar-refractivity contribution in [1.82, 2.24) is 0 Å². The monoisotopic (exact) mass is 1230 g/mol. The summed E-state index contributed by atoms with van der Waals surface area (Å²) in [5.74, 6) is -0.825. The number of phosphoric ester groups is 1. The second-order valence-electron chi connectivity index (χ2n) is 23.7. The van der Waals surface area contributed by atoms with Gasteiger partial charge >= 0.3 is 19.8 Å². The van der Waals surface area contributed by atoms with Crippen LogP contribution in [0.25, 0.3) is 0 Å². The molecule has 0 radical (unpaired) electrons. The minimum atomic E-state index is -4.40. The molecule has 0 fully saturated rings. The lowest BCUT2D eigenvalue weighted by atomic mass is 10.0. The van der Waals surface area contributed by atoms with E-state index in [0.29, 0.717) is 6.42 Å². The van der Waals surface area contributed by atoms with E-state index >= 15 is 0 Å². The van der Waals surface area contributed by atoms with Crippen LogP contribution in [-0.4, -0.2) is 49.3 Å². The predicted molar refractivity (Wildman–Crippen MR) is 376 cm³/mol. The van der Waals surface area contributed by atoms with Crippen LogP contribution in [0.15, 0.2) is 122 Å². The molecule has 2 unspecified atom stereocenters. The average Bonchev–Trinajstić information content (AvgIpc) is 3.65. The Morgan fingerprint density at radius 2 is 0.632 bits per heavy atom. The van der Waals surface area contributed by atoms with Crippen molar-refractivity contribution in [3.8, 4) is 0 Å². The molecule has 0 amide bonds. The zero-order chi connectivity index (χ0) is 63.0. The topological polar surface area (TPSA) is 134 Å². The summed E-state index contributed by atoms with van der Waals surface area (Å²) in [6.45, 7) is 3.66. The molecule has 0 saturated carbocycles. The number of phosphoric acid groups is 1. The van der Waals surface area contributed by atoms with Crippen molar-refractivity contribution in [2.75, 3.05) is 26.4 Å². The molecule has 0 aromatic heterocycles. The summed E-state index contributed by atoms with van der Waals surface area (Å²) in [7, 11) is -4.40. The fourth-order valence-electron chi connectivity index (χ4n) is 10.1. The van der Waals surface area contributed by atoms with Crippen LogP contribution < -0.4 is 5.73 Å². The van der Waals surface area contributed by atoms with E-state index in [0.717, 1.165) is 109 Å². The fraction of sp³-hybridized carbons (Fsp3) is 0.714. The van der Waals surface area contributed by atoms with E-state index in [1.54, 1.807) is 0 Å². The maximum Gasteiger partial charge on any atom is 0.472 e. The summed E-state index contributed by atoms with van der Waals surface area (Å²) in [4.78, 5) is 35.4. The molecule has 0 spiro atoms. The van der Waals surface area contributed by atoms with E-state index in [4.69, 9.17) is 24.3 Å². The van der Waals surface area contributed by atoms with E-state index in [1.807, 2.05) is 0 Å². The Kier molecular flexibility index (Phi) is 68.5. The van der Waals surface area contributed by atoms with E-state index in [9.17, 15) is 19.0 Å². The van der Waals surface area contributed by atoms with Crippen molar-refractivity contribution in [2.24, 2.45) is 5.73 Å². The van der Waals surface area contributed by atoms with E-state index in [1.165, 1.54) is 180 Å². The summed E-state index contributed by atoms with van der Waals surface area (Å²) < 4.78 is 33.2. The first kappa shape index (κ1) is 83.4. The second kappa shape index (κ2) is 71.5. The molecule has 0 aliphatic heterocycles. The first-order valence-corrected chi connectivity index (χ1v) is 37.5. The highest BCUT2D eigenvalue weighted by molar-refractivity contribution is 7.47. The molecule has 0 saturated heterocycles. The van der Waals surface area contributed by atoms with Crippen molar-refractivity contribution in [3.05, 3.63) is 122 Å². The van der Waals surface area contributed by atoms with Gasteiger partial charge in [-0.2, -0.15) is 0 Å². The first-order valence-electron chi connectivity index (χ1n) is 36.0. The number of hydrogen-bond donors (Lipinski definition) is 2. The van der Waals surface area contributed by atoms with Gasteiger partial charge in [0.25, 0.3) is 0 Å². The molecule has 10 heteroatoms. The standard InChI is InChI=1S/C77H134NO8P/c1-3-5-7-9-11-13-15-17-19-21-23-25-27-29-30-31-32-33-34-35-36-37-38-39-40-41-42-43-44-46-48-50-52-54-56-58-60-62-64-66-68-70-77(80)86-75(74-85-87(81,82)84-72-71-78)73-83-76(79)69-67-65-63-61-59-57-55-53-51-49-47-45-28-26-24-22-20-18-16-14-12-10-8-6-4-2/h5,7,11,13,17,19,23,25,29-30,32-33,35-36,38-39,41-42,44,46,75H,3-4,6,8-10,12,14-16,18,20-22,24,26-28,31,34,37,40,43,45,47-74,78H2,1-2H3,(H,81,82)/b7-5-,13-11-,19-17-,25-23-,30-29-,33-32-,36-35-,39-38-,42-41-,46-44-. The van der Waals surface area contributed by atoms with Crippen LogP contribution in [0.2, 0.25) is 0 Å². The number of hydrogen-bond acceptors (Lipinski definition) is 8. The number of carbonyl (C=O) groups is 2. The number of allylic oxidation sites excluding steroid dienone is 20. The zero-order valence-corrected chi connectivity index (χ0v) is 57.1. The van der Waals surface area contributed by atoms with Crippen molar-refractivity contribution < 1.29 is 37.6 Å². The maximum atomic E-state index is 12.8. The van der Waals surface area contributed by atoms with Crippen LogP contribution in [0.1, 0.15) is 322 Å². The minimum Gasteiger partial charge on any atom is -0.462 e. The quantitative estimate of drug-likeness (QED) is 0.0264. The van der Waals surface area contributed by atoms with Gasteiger partial charge in [0.2, 0.25) is 0 Å². The second-order valence-corrected chi connectivity index (χ2v) is 25.2. The lowest BCUT2D eigenvalue weighted by Gasteiger charge is -2.19. The van der Waals surface area contributed by atoms with E-state index < -0.39 is 26.5 Å². The Hall–Kier alpha value is -3.59. The smallest absolute Gasteiger partial charge is 0.462 e. The summed E-state index contributed by atoms with van der Waals surface area (Å²) in [6, 6.07) is 0. The molecule has 0 aromatic rings. The number of nitrogens with two attached hydrogens (primary N) is 1. The van der Waals surface area contributed by atoms with Crippen molar-refractivity contribution in [3.63, 3.8) is 0 Å². The summed E-state index contributed by atoms with van der Waals surface area (Å²) in [5.41, 5.74) is 5.40. The Bertz CT molecular complexity index is 1840. The third-order valence-corrected chi connectivity index (χ3v) is 16.3. The number of carbonyl (C=O) groups excluding carboxylic acids is 2. The Morgan fingerprint density at radius 1 is 0.356 bits per heavy atom. The van der Waals surface area contributed by atoms with Crippen molar-refractivity contribution in [2.45, 2.75) is 328 Å². The van der Waals surface area contributed by atoms with Gasteiger partial charge in [-0.3, -0.25) is 18.6 Å². The van der Waals surface area contributed by atoms with Crippen LogP contribution in [-0.2, 0) is 32.7 Å². The number of ether oxygens (including phenoxy) is 2. The summed E-state index contributed by atoms with van der Waals surface area (Å²) in [5, 5.41) is 0. The molecule has 0 heterocycles. The molecule has 500 valence electrons. The highest BCUT2D eigenvalue weighted by atomic mass is 31.2. The van der Waals surface area contributed by atoms with Gasteiger partial charge in [0, 0.05) is 19.4 Å². The van der Waals surface area contributed by atoms with Crippen LogP contribution in [0.3, 0.4) is 0 Å². The van der Waals surface area contributed by atoms with Gasteiger partial charge in [0.15, 0.2) is 6.10 Å². The lowest BCUT2D eigenvalue weighted by Crippen LogP contribution is -2.29. The minimum absolute atomic E-state index is 0.0496. The third kappa shape index (κ3) is 71.4. The van der Waals surface area contributed by atoms with Crippen molar-refractivity contribution >= 4 is 19.8 Å². The molecule has 87 heavy (non-hydrogen) atoms. The maximum absolute atomic E-state index is 12.8. The zero-order valence-electron chi connectivity index (χ0n) is 56.2. The van der Waals surface area contributed by atoms with E-state index in [-0.39, 0.29) is 38.6 Å². The van der Waals surface area contributed by atoms with Gasteiger partial charge in [0.05, 0.1) is 13.2 Å². The van der Waals surface area contributed by atoms with Crippen molar-refractivity contribution in [1.29, 1.82) is 0 Å². The van der Waals surface area contributed by atoms with E-state index in [2.05, 4.69) is 135 Å². The molecule has 0 bridgehead atoms. The van der Waals surface area contributed by atoms with Crippen LogP contribution in [0, 0.1) is 0 Å². The molecule has 0 aromatic carbocycles. The normalized spacial score (nSPS) is 13.7. The molecule has 0 rings (SSSR count). The molecular formula is C77H134NO8P. The van der Waals surface area contributed by atoms with Gasteiger partial charge < -0.3 is 20.1 Å². The Labute approximate surface area is 536 Å².